The molecule has 0 spiro atoms. The molecule has 0 radical (unpaired) electrons. The molecule has 4 heteroatoms. The van der Waals surface area contributed by atoms with Crippen LogP contribution >= 0.6 is 0 Å². The minimum Gasteiger partial charge on any atom is -0.508 e. The first-order valence-electron chi connectivity index (χ1n) is 8.99. The van der Waals surface area contributed by atoms with Crippen LogP contribution in [-0.2, 0) is 9.59 Å². The number of benzene rings is 2. The number of nitrogens with zero attached hydrogens (tertiary/aromatic N) is 1. The van der Waals surface area contributed by atoms with Crippen molar-refractivity contribution in [3.8, 4) is 5.75 Å². The molecule has 1 amide bonds. The topological polar surface area (TPSA) is 57.6 Å². The van der Waals surface area contributed by atoms with Gasteiger partial charge < -0.3 is 5.11 Å². The highest BCUT2D eigenvalue weighted by atomic mass is 16.3. The number of allylic oxidation sites excluding steroid dienone is 2. The molecule has 4 rings (SSSR count). The van der Waals surface area contributed by atoms with Crippen molar-refractivity contribution in [1.29, 1.82) is 0 Å². The van der Waals surface area contributed by atoms with Crippen LogP contribution in [0.3, 0.4) is 0 Å². The molecule has 0 bridgehead atoms. The molecular formula is C22H21NO3. The quantitative estimate of drug-likeness (QED) is 0.884. The van der Waals surface area contributed by atoms with Crippen molar-refractivity contribution < 1.29 is 14.7 Å². The summed E-state index contributed by atoms with van der Waals surface area (Å²) in [6.45, 7) is 2.00. The zero-order chi connectivity index (χ0) is 18.3. The van der Waals surface area contributed by atoms with Gasteiger partial charge in [0, 0.05) is 35.7 Å². The molecule has 1 N–H and O–H groups in total. The van der Waals surface area contributed by atoms with Gasteiger partial charge in [-0.25, -0.2) is 0 Å². The third-order valence-corrected chi connectivity index (χ3v) is 5.23. The number of phenolic OH excluding ortho intramolecular Hbond substituents is 1. The Morgan fingerprint density at radius 3 is 2.54 bits per heavy atom. The maximum Gasteiger partial charge on any atom is 0.232 e. The molecule has 0 fully saturated rings. The predicted octanol–water partition coefficient (Wildman–Crippen LogP) is 4.23. The van der Waals surface area contributed by atoms with Crippen LogP contribution in [0.25, 0.3) is 0 Å². The van der Waals surface area contributed by atoms with E-state index in [9.17, 15) is 14.7 Å². The first kappa shape index (κ1) is 16.6. The Kier molecular flexibility index (Phi) is 4.11. The van der Waals surface area contributed by atoms with Gasteiger partial charge in [-0.1, -0.05) is 24.3 Å². The van der Waals surface area contributed by atoms with Crippen molar-refractivity contribution in [3.05, 3.63) is 70.9 Å². The van der Waals surface area contributed by atoms with E-state index < -0.39 is 0 Å². The number of anilines is 1. The lowest BCUT2D eigenvalue weighted by Crippen LogP contribution is -2.40. The average molecular weight is 347 g/mol. The second-order valence-electron chi connectivity index (χ2n) is 7.05. The van der Waals surface area contributed by atoms with E-state index in [1.807, 2.05) is 43.3 Å². The van der Waals surface area contributed by atoms with E-state index in [1.165, 1.54) is 0 Å². The van der Waals surface area contributed by atoms with Gasteiger partial charge in [0.25, 0.3) is 0 Å². The molecule has 1 heterocycles. The number of hydrogen-bond acceptors (Lipinski definition) is 3. The number of phenols is 1. The number of carbonyl (C=O) groups is 2. The number of amides is 1. The summed E-state index contributed by atoms with van der Waals surface area (Å²) < 4.78 is 0. The highest BCUT2D eigenvalue weighted by molar-refractivity contribution is 6.07. The fraction of sp³-hybridized carbons (Fsp3) is 0.273. The summed E-state index contributed by atoms with van der Waals surface area (Å²) in [5, 5.41) is 9.55. The lowest BCUT2D eigenvalue weighted by atomic mass is 9.77. The van der Waals surface area contributed by atoms with E-state index in [1.54, 1.807) is 17.0 Å². The molecule has 2 aromatic carbocycles. The van der Waals surface area contributed by atoms with Crippen LogP contribution in [0.5, 0.6) is 5.75 Å². The van der Waals surface area contributed by atoms with Gasteiger partial charge >= 0.3 is 0 Å². The van der Waals surface area contributed by atoms with Crippen molar-refractivity contribution in [3.63, 3.8) is 0 Å². The minimum absolute atomic E-state index is 0.0159. The number of Topliss-reactive ketones (excluding diaryl/α,β-unsaturated/α-hetero) is 1. The van der Waals surface area contributed by atoms with E-state index in [-0.39, 0.29) is 29.8 Å². The zero-order valence-electron chi connectivity index (χ0n) is 14.7. The van der Waals surface area contributed by atoms with Gasteiger partial charge in [0.1, 0.15) is 5.75 Å². The highest BCUT2D eigenvalue weighted by Crippen LogP contribution is 2.43. The normalized spacial score (nSPS) is 20.3. The summed E-state index contributed by atoms with van der Waals surface area (Å²) >= 11 is 0. The molecule has 26 heavy (non-hydrogen) atoms. The van der Waals surface area contributed by atoms with E-state index in [0.29, 0.717) is 6.42 Å². The standard InChI is InChI=1S/C22H21NO3/c1-14-4-2-5-16(12-14)23-19-6-3-7-20(25)22(19)18(13-21(23)26)15-8-10-17(24)11-9-15/h2,4-5,8-12,18,24H,3,6-7,13H2,1H3. The van der Waals surface area contributed by atoms with Crippen molar-refractivity contribution in [2.45, 2.75) is 38.5 Å². The van der Waals surface area contributed by atoms with Crippen molar-refractivity contribution in [2.75, 3.05) is 4.90 Å². The summed E-state index contributed by atoms with van der Waals surface area (Å²) in [6.07, 6.45) is 2.30. The Balaban J connectivity index is 1.85. The fourth-order valence-corrected chi connectivity index (χ4v) is 4.05. The van der Waals surface area contributed by atoms with Crippen LogP contribution in [0.2, 0.25) is 0 Å². The summed E-state index contributed by atoms with van der Waals surface area (Å²) in [5.74, 6) is 0.102. The Bertz CT molecular complexity index is 911. The van der Waals surface area contributed by atoms with Gasteiger partial charge in [0.2, 0.25) is 5.91 Å². The number of ketones is 1. The number of aryl methyl sites for hydroxylation is 1. The molecule has 0 saturated heterocycles. The zero-order valence-corrected chi connectivity index (χ0v) is 14.7. The predicted molar refractivity (Wildman–Crippen MR) is 100 cm³/mol. The monoisotopic (exact) mass is 347 g/mol. The van der Waals surface area contributed by atoms with Crippen molar-refractivity contribution in [2.24, 2.45) is 0 Å². The van der Waals surface area contributed by atoms with Crippen LogP contribution in [0.4, 0.5) is 5.69 Å². The molecule has 1 atom stereocenters. The molecule has 0 saturated carbocycles. The third kappa shape index (κ3) is 2.81. The van der Waals surface area contributed by atoms with Gasteiger partial charge in [-0.2, -0.15) is 0 Å². The highest BCUT2D eigenvalue weighted by Gasteiger charge is 2.39. The fourth-order valence-electron chi connectivity index (χ4n) is 4.05. The van der Waals surface area contributed by atoms with Crippen molar-refractivity contribution >= 4 is 17.4 Å². The molecule has 1 aliphatic carbocycles. The van der Waals surface area contributed by atoms with Gasteiger partial charge in [0.15, 0.2) is 5.78 Å². The molecule has 2 aliphatic rings. The number of hydrogen-bond donors (Lipinski definition) is 1. The van der Waals surface area contributed by atoms with Gasteiger partial charge in [-0.3, -0.25) is 14.5 Å². The van der Waals surface area contributed by atoms with Crippen LogP contribution in [0.1, 0.15) is 42.7 Å². The van der Waals surface area contributed by atoms with E-state index in [0.717, 1.165) is 40.9 Å². The van der Waals surface area contributed by atoms with Crippen LogP contribution < -0.4 is 4.90 Å². The Hall–Kier alpha value is -2.88. The Morgan fingerprint density at radius 2 is 1.81 bits per heavy atom. The molecule has 1 aliphatic heterocycles. The maximum atomic E-state index is 13.0. The lowest BCUT2D eigenvalue weighted by Gasteiger charge is -2.38. The number of aromatic hydroxyl groups is 1. The largest absolute Gasteiger partial charge is 0.508 e. The van der Waals surface area contributed by atoms with Gasteiger partial charge in [0.05, 0.1) is 0 Å². The third-order valence-electron chi connectivity index (χ3n) is 5.23. The van der Waals surface area contributed by atoms with Gasteiger partial charge in [-0.15, -0.1) is 0 Å². The average Bonchev–Trinajstić information content (AvgIpc) is 2.62. The summed E-state index contributed by atoms with van der Waals surface area (Å²) in [6, 6.07) is 14.7. The van der Waals surface area contributed by atoms with Crippen LogP contribution in [0, 0.1) is 6.92 Å². The molecule has 0 aromatic heterocycles. The Labute approximate surface area is 152 Å². The summed E-state index contributed by atoms with van der Waals surface area (Å²) in [4.78, 5) is 27.6. The minimum atomic E-state index is -0.230. The molecule has 2 aromatic rings. The van der Waals surface area contributed by atoms with Crippen LogP contribution in [-0.4, -0.2) is 16.8 Å². The van der Waals surface area contributed by atoms with Crippen molar-refractivity contribution in [1.82, 2.24) is 0 Å². The molecule has 1 unspecified atom stereocenters. The Morgan fingerprint density at radius 1 is 1.04 bits per heavy atom. The molecular weight excluding hydrogens is 326 g/mol. The molecule has 132 valence electrons. The first-order valence-corrected chi connectivity index (χ1v) is 8.99. The second-order valence-corrected chi connectivity index (χ2v) is 7.05. The van der Waals surface area contributed by atoms with E-state index >= 15 is 0 Å². The van der Waals surface area contributed by atoms with E-state index in [2.05, 4.69) is 0 Å². The van der Waals surface area contributed by atoms with E-state index in [4.69, 9.17) is 0 Å². The summed E-state index contributed by atoms with van der Waals surface area (Å²) in [5.41, 5.74) is 4.44. The molecule has 4 nitrogen and oxygen atoms in total. The van der Waals surface area contributed by atoms with Gasteiger partial charge in [-0.05, 0) is 55.2 Å². The second kappa shape index (κ2) is 6.45. The smallest absolute Gasteiger partial charge is 0.232 e. The number of rotatable bonds is 2. The van der Waals surface area contributed by atoms with Crippen LogP contribution in [0.15, 0.2) is 59.8 Å². The summed E-state index contributed by atoms with van der Waals surface area (Å²) in [7, 11) is 0. The number of carbonyl (C=O) groups excluding carboxylic acids is 2. The SMILES string of the molecule is Cc1cccc(N2C(=O)CC(c3ccc(O)cc3)C3=C2CCCC3=O)c1. The first-order chi connectivity index (χ1) is 12.5. The maximum absolute atomic E-state index is 13.0. The lowest BCUT2D eigenvalue weighted by molar-refractivity contribution is -0.119.